The van der Waals surface area contributed by atoms with Gasteiger partial charge in [-0.05, 0) is 55.4 Å². The van der Waals surface area contributed by atoms with Crippen molar-refractivity contribution in [1.29, 1.82) is 0 Å². The second-order valence-corrected chi connectivity index (χ2v) is 7.47. The van der Waals surface area contributed by atoms with Gasteiger partial charge in [0.1, 0.15) is 11.6 Å². The van der Waals surface area contributed by atoms with Gasteiger partial charge in [0.05, 0.1) is 12.1 Å². The van der Waals surface area contributed by atoms with Crippen molar-refractivity contribution in [3.05, 3.63) is 53.3 Å². The van der Waals surface area contributed by atoms with Gasteiger partial charge in [-0.1, -0.05) is 17.7 Å². The number of benzene rings is 2. The molecule has 1 aliphatic rings. The van der Waals surface area contributed by atoms with Gasteiger partial charge in [-0.15, -0.1) is 0 Å². The Morgan fingerprint density at radius 2 is 1.97 bits per heavy atom. The molecule has 0 radical (unpaired) electrons. The summed E-state index contributed by atoms with van der Waals surface area (Å²) in [5.41, 5.74) is 6.81. The van der Waals surface area contributed by atoms with E-state index in [2.05, 4.69) is 21.1 Å². The molecule has 0 unspecified atom stereocenters. The van der Waals surface area contributed by atoms with Crippen LogP contribution in [0.15, 0.2) is 42.5 Å². The summed E-state index contributed by atoms with van der Waals surface area (Å²) < 4.78 is 18.5. The number of methoxy groups -OCH3 is 1. The Kier molecular flexibility index (Phi) is 7.11. The highest BCUT2D eigenvalue weighted by Crippen LogP contribution is 2.31. The zero-order valence-corrected chi connectivity index (χ0v) is 17.4. The lowest BCUT2D eigenvalue weighted by atomic mass is 9.96. The van der Waals surface area contributed by atoms with Crippen LogP contribution in [0.3, 0.4) is 0 Å². The number of hydrogen-bond acceptors (Lipinski definition) is 4. The number of nitrogens with one attached hydrogen (secondary N) is 3. The Morgan fingerprint density at radius 3 is 2.66 bits per heavy atom. The molecule has 154 valence electrons. The molecule has 6 nitrogen and oxygen atoms in total. The summed E-state index contributed by atoms with van der Waals surface area (Å²) in [6.45, 7) is 1.49. The third kappa shape index (κ3) is 5.71. The van der Waals surface area contributed by atoms with Crippen molar-refractivity contribution in [3.63, 3.8) is 0 Å². The molecule has 0 bridgehead atoms. The number of hydrogen-bond donors (Lipinski definition) is 3. The first-order valence-corrected chi connectivity index (χ1v) is 9.96. The quantitative estimate of drug-likeness (QED) is 0.501. The second-order valence-electron chi connectivity index (χ2n) is 6.66. The number of anilines is 2. The Labute approximate surface area is 179 Å². The maximum Gasteiger partial charge on any atom is 0.241 e. The number of halogens is 2. The van der Waals surface area contributed by atoms with Gasteiger partial charge >= 0.3 is 0 Å². The average molecular weight is 437 g/mol. The first-order valence-electron chi connectivity index (χ1n) is 9.17. The van der Waals surface area contributed by atoms with E-state index in [1.807, 2.05) is 18.2 Å². The monoisotopic (exact) mass is 436 g/mol. The van der Waals surface area contributed by atoms with Crippen molar-refractivity contribution in [2.24, 2.45) is 5.92 Å². The standard InChI is InChI=1S/C20H22ClFN4O2S/c1-28-18-12-16(5-6-17(18)21)26-9-7-13(8-10-26)19(27)24-25-20(29)23-15-4-2-3-14(22)11-15/h2-6,11-13H,7-10H2,1H3,(H,24,27)(H2,23,25,29). The molecule has 0 atom stereocenters. The molecule has 9 heteroatoms. The lowest BCUT2D eigenvalue weighted by Gasteiger charge is -2.33. The van der Waals surface area contributed by atoms with E-state index >= 15 is 0 Å². The van der Waals surface area contributed by atoms with E-state index in [0.29, 0.717) is 29.3 Å². The number of ether oxygens (including phenoxy) is 1. The Hall–Kier alpha value is -2.58. The largest absolute Gasteiger partial charge is 0.495 e. The molecule has 2 aromatic carbocycles. The van der Waals surface area contributed by atoms with Crippen molar-refractivity contribution in [1.82, 2.24) is 10.9 Å². The fourth-order valence-electron chi connectivity index (χ4n) is 3.19. The fourth-order valence-corrected chi connectivity index (χ4v) is 3.56. The summed E-state index contributed by atoms with van der Waals surface area (Å²) in [4.78, 5) is 14.6. The van der Waals surface area contributed by atoms with Crippen LogP contribution in [0, 0.1) is 11.7 Å². The normalized spacial score (nSPS) is 14.2. The molecule has 0 spiro atoms. The van der Waals surface area contributed by atoms with Gasteiger partial charge in [0, 0.05) is 36.4 Å². The lowest BCUT2D eigenvalue weighted by Crippen LogP contribution is -2.48. The van der Waals surface area contributed by atoms with Crippen LogP contribution in [-0.2, 0) is 4.79 Å². The predicted molar refractivity (Wildman–Crippen MR) is 117 cm³/mol. The minimum atomic E-state index is -0.369. The number of hydrazine groups is 1. The van der Waals surface area contributed by atoms with Gasteiger partial charge in [0.25, 0.3) is 0 Å². The van der Waals surface area contributed by atoms with Crippen molar-refractivity contribution in [2.45, 2.75) is 12.8 Å². The van der Waals surface area contributed by atoms with Gasteiger partial charge in [-0.2, -0.15) is 0 Å². The van der Waals surface area contributed by atoms with Gasteiger partial charge in [0.15, 0.2) is 5.11 Å². The lowest BCUT2D eigenvalue weighted by molar-refractivity contribution is -0.126. The molecule has 29 heavy (non-hydrogen) atoms. The Bertz CT molecular complexity index is 891. The number of nitrogens with zero attached hydrogens (tertiary/aromatic N) is 1. The van der Waals surface area contributed by atoms with Gasteiger partial charge in [0.2, 0.25) is 5.91 Å². The van der Waals surface area contributed by atoms with E-state index in [1.165, 1.54) is 12.1 Å². The van der Waals surface area contributed by atoms with Crippen LogP contribution < -0.4 is 25.8 Å². The van der Waals surface area contributed by atoms with E-state index in [-0.39, 0.29) is 22.8 Å². The second kappa shape index (κ2) is 9.76. The molecular formula is C20H22ClFN4O2S. The molecule has 1 amide bonds. The fraction of sp³-hybridized carbons (Fsp3) is 0.300. The molecular weight excluding hydrogens is 415 g/mol. The number of carbonyl (C=O) groups excluding carboxylic acids is 1. The van der Waals surface area contributed by atoms with Crippen LogP contribution in [0.1, 0.15) is 12.8 Å². The molecule has 3 N–H and O–H groups in total. The van der Waals surface area contributed by atoms with Crippen LogP contribution in [0.4, 0.5) is 15.8 Å². The van der Waals surface area contributed by atoms with Crippen molar-refractivity contribution < 1.29 is 13.9 Å². The number of carbonyl (C=O) groups is 1. The van der Waals surface area contributed by atoms with Crippen molar-refractivity contribution in [3.8, 4) is 5.75 Å². The van der Waals surface area contributed by atoms with Crippen LogP contribution in [0.2, 0.25) is 5.02 Å². The molecule has 0 aliphatic carbocycles. The highest BCUT2D eigenvalue weighted by atomic mass is 35.5. The highest BCUT2D eigenvalue weighted by molar-refractivity contribution is 7.80. The SMILES string of the molecule is COc1cc(N2CCC(C(=O)NNC(=S)Nc3cccc(F)c3)CC2)ccc1Cl. The maximum atomic E-state index is 13.2. The Balaban J connectivity index is 1.45. The zero-order chi connectivity index (χ0) is 20.8. The molecule has 1 fully saturated rings. The van der Waals surface area contributed by atoms with Gasteiger partial charge in [-0.25, -0.2) is 4.39 Å². The summed E-state index contributed by atoms with van der Waals surface area (Å²) >= 11 is 11.2. The predicted octanol–water partition coefficient (Wildman–Crippen LogP) is 3.72. The summed E-state index contributed by atoms with van der Waals surface area (Å²) in [6, 6.07) is 11.6. The summed E-state index contributed by atoms with van der Waals surface area (Å²) in [5, 5.41) is 3.58. The molecule has 3 rings (SSSR count). The third-order valence-electron chi connectivity index (χ3n) is 4.75. The minimum absolute atomic E-state index is 0.120. The minimum Gasteiger partial charge on any atom is -0.495 e. The summed E-state index contributed by atoms with van der Waals surface area (Å²) in [5.74, 6) is 0.0195. The average Bonchev–Trinajstić information content (AvgIpc) is 2.72. The van der Waals surface area contributed by atoms with Crippen LogP contribution in [0.25, 0.3) is 0 Å². The summed E-state index contributed by atoms with van der Waals surface area (Å²) in [6.07, 6.45) is 1.42. The van der Waals surface area contributed by atoms with Crippen LogP contribution in [0.5, 0.6) is 5.75 Å². The number of amides is 1. The molecule has 0 saturated carbocycles. The molecule has 1 aliphatic heterocycles. The smallest absolute Gasteiger partial charge is 0.241 e. The number of piperidine rings is 1. The first kappa shape index (κ1) is 21.1. The van der Waals surface area contributed by atoms with Gasteiger partial charge < -0.3 is 15.0 Å². The molecule has 1 saturated heterocycles. The van der Waals surface area contributed by atoms with Crippen molar-refractivity contribution >= 4 is 46.2 Å². The van der Waals surface area contributed by atoms with Crippen LogP contribution >= 0.6 is 23.8 Å². The van der Waals surface area contributed by atoms with E-state index in [1.54, 1.807) is 19.2 Å². The number of thiocarbonyl (C=S) groups is 1. The van der Waals surface area contributed by atoms with Gasteiger partial charge in [-0.3, -0.25) is 15.6 Å². The van der Waals surface area contributed by atoms with E-state index in [9.17, 15) is 9.18 Å². The number of rotatable bonds is 4. The maximum absolute atomic E-state index is 13.2. The first-order chi connectivity index (χ1) is 14.0. The molecule has 2 aromatic rings. The molecule has 1 heterocycles. The Morgan fingerprint density at radius 1 is 1.21 bits per heavy atom. The van der Waals surface area contributed by atoms with E-state index in [0.717, 1.165) is 18.8 Å². The zero-order valence-electron chi connectivity index (χ0n) is 15.9. The van der Waals surface area contributed by atoms with E-state index in [4.69, 9.17) is 28.6 Å². The summed E-state index contributed by atoms with van der Waals surface area (Å²) in [7, 11) is 1.59. The molecule has 0 aromatic heterocycles. The van der Waals surface area contributed by atoms with Crippen LogP contribution in [-0.4, -0.2) is 31.2 Å². The topological polar surface area (TPSA) is 65.6 Å². The third-order valence-corrected chi connectivity index (χ3v) is 5.26. The highest BCUT2D eigenvalue weighted by Gasteiger charge is 2.25. The van der Waals surface area contributed by atoms with Crippen molar-refractivity contribution in [2.75, 3.05) is 30.4 Å². The van der Waals surface area contributed by atoms with E-state index < -0.39 is 0 Å².